The molecule has 0 spiro atoms. The van der Waals surface area contributed by atoms with Gasteiger partial charge in [0.05, 0.1) is 0 Å². The summed E-state index contributed by atoms with van der Waals surface area (Å²) >= 11 is 3.41. The Kier molecular flexibility index (Phi) is 4.75. The lowest BCUT2D eigenvalue weighted by molar-refractivity contribution is 0.0954. The second-order valence-electron chi connectivity index (χ2n) is 3.22. The van der Waals surface area contributed by atoms with Gasteiger partial charge in [-0.05, 0) is 30.7 Å². The number of benzene rings is 1. The molecule has 82 valence electrons. The van der Waals surface area contributed by atoms with Crippen LogP contribution in [0, 0.1) is 5.82 Å². The van der Waals surface area contributed by atoms with E-state index in [0.29, 0.717) is 12.1 Å². The molecule has 0 heterocycles. The third-order valence-corrected chi connectivity index (χ3v) is 3.00. The van der Waals surface area contributed by atoms with Crippen LogP contribution in [-0.2, 0) is 0 Å². The van der Waals surface area contributed by atoms with Crippen molar-refractivity contribution in [2.24, 2.45) is 0 Å². The molecule has 1 amide bonds. The van der Waals surface area contributed by atoms with Gasteiger partial charge in [-0.15, -0.1) is 0 Å². The van der Waals surface area contributed by atoms with Crippen molar-refractivity contribution in [1.29, 1.82) is 0 Å². The van der Waals surface area contributed by atoms with Gasteiger partial charge in [-0.2, -0.15) is 0 Å². The Balaban J connectivity index is 2.50. The summed E-state index contributed by atoms with van der Waals surface area (Å²) in [5.74, 6) is -0.508. The molecule has 0 radical (unpaired) electrons. The lowest BCUT2D eigenvalue weighted by Gasteiger charge is -2.08. The summed E-state index contributed by atoms with van der Waals surface area (Å²) in [6, 6.07) is 5.50. The number of carbonyl (C=O) groups is 1. The van der Waals surface area contributed by atoms with E-state index in [1.165, 1.54) is 24.3 Å². The van der Waals surface area contributed by atoms with Crippen LogP contribution in [0.1, 0.15) is 23.7 Å². The van der Waals surface area contributed by atoms with Crippen LogP contribution < -0.4 is 5.32 Å². The third kappa shape index (κ3) is 4.00. The van der Waals surface area contributed by atoms with Crippen LogP contribution in [0.15, 0.2) is 24.3 Å². The topological polar surface area (TPSA) is 29.1 Å². The fraction of sp³-hybridized carbons (Fsp3) is 0.364. The van der Waals surface area contributed by atoms with Gasteiger partial charge in [-0.1, -0.05) is 22.9 Å². The highest BCUT2D eigenvalue weighted by atomic mass is 79.9. The number of alkyl halides is 1. The van der Waals surface area contributed by atoms with Crippen molar-refractivity contribution in [2.45, 2.75) is 18.2 Å². The highest BCUT2D eigenvalue weighted by Gasteiger charge is 2.07. The Bertz CT molecular complexity index is 326. The second-order valence-corrected chi connectivity index (χ2v) is 4.52. The summed E-state index contributed by atoms with van der Waals surface area (Å²) in [4.78, 5) is 11.8. The van der Waals surface area contributed by atoms with Gasteiger partial charge in [-0.3, -0.25) is 4.79 Å². The van der Waals surface area contributed by atoms with E-state index in [-0.39, 0.29) is 16.6 Å². The molecule has 15 heavy (non-hydrogen) atoms. The summed E-state index contributed by atoms with van der Waals surface area (Å²) in [7, 11) is 0. The van der Waals surface area contributed by atoms with Crippen LogP contribution in [0.25, 0.3) is 0 Å². The molecule has 1 unspecified atom stereocenters. The normalized spacial score (nSPS) is 12.2. The molecule has 2 nitrogen and oxygen atoms in total. The molecule has 4 heteroatoms. The van der Waals surface area contributed by atoms with Crippen molar-refractivity contribution < 1.29 is 9.18 Å². The van der Waals surface area contributed by atoms with E-state index in [2.05, 4.69) is 21.2 Å². The Morgan fingerprint density at radius 1 is 1.47 bits per heavy atom. The summed E-state index contributed by atoms with van der Waals surface area (Å²) in [6.45, 7) is 2.61. The molecule has 0 fully saturated rings. The Labute approximate surface area is 97.0 Å². The van der Waals surface area contributed by atoms with Crippen LogP contribution in [0.2, 0.25) is 0 Å². The molecule has 1 aromatic carbocycles. The van der Waals surface area contributed by atoms with Crippen molar-refractivity contribution in [3.63, 3.8) is 0 Å². The predicted molar refractivity (Wildman–Crippen MR) is 61.7 cm³/mol. The molecule has 0 aliphatic carbocycles. The summed E-state index contributed by atoms with van der Waals surface area (Å²) in [5.41, 5.74) is 0.479. The van der Waals surface area contributed by atoms with Crippen molar-refractivity contribution in [3.05, 3.63) is 35.6 Å². The lowest BCUT2D eigenvalue weighted by Crippen LogP contribution is -2.29. The largest absolute Gasteiger partial charge is 0.351 e. The first kappa shape index (κ1) is 12.2. The molecular weight excluding hydrogens is 261 g/mol. The molecule has 0 saturated heterocycles. The van der Waals surface area contributed by atoms with Crippen molar-refractivity contribution >= 4 is 21.8 Å². The minimum Gasteiger partial charge on any atom is -0.351 e. The maximum Gasteiger partial charge on any atom is 0.251 e. The number of hydrogen-bond donors (Lipinski definition) is 1. The van der Waals surface area contributed by atoms with Gasteiger partial charge in [0.1, 0.15) is 5.82 Å². The van der Waals surface area contributed by atoms with Gasteiger partial charge in [0.25, 0.3) is 5.91 Å². The summed E-state index contributed by atoms with van der Waals surface area (Å²) in [5, 5.41) is 2.76. The molecule has 0 bridgehead atoms. The summed E-state index contributed by atoms with van der Waals surface area (Å²) in [6.07, 6.45) is 0.948. The van der Waals surface area contributed by atoms with Gasteiger partial charge < -0.3 is 5.32 Å². The first-order chi connectivity index (χ1) is 7.13. The van der Waals surface area contributed by atoms with E-state index in [0.717, 1.165) is 6.42 Å². The number of rotatable bonds is 4. The average molecular weight is 274 g/mol. The highest BCUT2D eigenvalue weighted by molar-refractivity contribution is 9.09. The first-order valence-electron chi connectivity index (χ1n) is 4.81. The number of nitrogens with one attached hydrogen (secondary N) is 1. The van der Waals surface area contributed by atoms with Crippen LogP contribution in [0.5, 0.6) is 0 Å². The maximum atomic E-state index is 12.6. The van der Waals surface area contributed by atoms with Crippen molar-refractivity contribution in [3.8, 4) is 0 Å². The monoisotopic (exact) mass is 273 g/mol. The predicted octanol–water partition coefficient (Wildman–Crippen LogP) is 2.73. The van der Waals surface area contributed by atoms with Crippen molar-refractivity contribution in [1.82, 2.24) is 5.32 Å². The molecule has 0 aromatic heterocycles. The number of hydrogen-bond acceptors (Lipinski definition) is 1. The molecule has 1 rings (SSSR count). The molecule has 1 aromatic rings. The average Bonchev–Trinajstić information content (AvgIpc) is 2.26. The Morgan fingerprint density at radius 2 is 2.07 bits per heavy atom. The molecular formula is C11H13BrFNO. The highest BCUT2D eigenvalue weighted by Crippen LogP contribution is 2.05. The zero-order valence-electron chi connectivity index (χ0n) is 8.47. The van der Waals surface area contributed by atoms with E-state index in [4.69, 9.17) is 0 Å². The molecule has 0 aliphatic rings. The van der Waals surface area contributed by atoms with E-state index in [1.54, 1.807) is 0 Å². The molecule has 0 aliphatic heterocycles. The van der Waals surface area contributed by atoms with E-state index in [9.17, 15) is 9.18 Å². The van der Waals surface area contributed by atoms with E-state index >= 15 is 0 Å². The zero-order chi connectivity index (χ0) is 11.3. The van der Waals surface area contributed by atoms with E-state index < -0.39 is 0 Å². The lowest BCUT2D eigenvalue weighted by atomic mass is 10.2. The van der Waals surface area contributed by atoms with Gasteiger partial charge in [-0.25, -0.2) is 4.39 Å². The first-order valence-corrected chi connectivity index (χ1v) is 5.73. The zero-order valence-corrected chi connectivity index (χ0v) is 10.1. The number of carbonyl (C=O) groups excluding carboxylic acids is 1. The molecule has 1 atom stereocenters. The molecule has 1 N–H and O–H groups in total. The number of halogens is 2. The smallest absolute Gasteiger partial charge is 0.251 e. The summed E-state index contributed by atoms with van der Waals surface area (Å²) < 4.78 is 12.6. The van der Waals surface area contributed by atoms with Crippen LogP contribution in [0.3, 0.4) is 0 Å². The minimum absolute atomic E-state index is 0.173. The number of amides is 1. The minimum atomic E-state index is -0.335. The molecule has 0 saturated carbocycles. The van der Waals surface area contributed by atoms with Gasteiger partial charge in [0.15, 0.2) is 0 Å². The maximum absolute atomic E-state index is 12.6. The van der Waals surface area contributed by atoms with Gasteiger partial charge in [0, 0.05) is 16.9 Å². The fourth-order valence-electron chi connectivity index (χ4n) is 1.05. The fourth-order valence-corrected chi connectivity index (χ4v) is 1.21. The standard InChI is InChI=1S/C11H13BrFNO/c1-2-9(12)7-14-11(15)8-3-5-10(13)6-4-8/h3-6,9H,2,7H2,1H3,(H,14,15). The quantitative estimate of drug-likeness (QED) is 0.840. The van der Waals surface area contributed by atoms with Crippen LogP contribution in [0.4, 0.5) is 4.39 Å². The van der Waals surface area contributed by atoms with E-state index in [1.807, 2.05) is 6.92 Å². The third-order valence-electron chi connectivity index (χ3n) is 2.03. The Morgan fingerprint density at radius 3 is 2.60 bits per heavy atom. The van der Waals surface area contributed by atoms with Crippen LogP contribution >= 0.6 is 15.9 Å². The second kappa shape index (κ2) is 5.85. The van der Waals surface area contributed by atoms with Crippen molar-refractivity contribution in [2.75, 3.05) is 6.54 Å². The van der Waals surface area contributed by atoms with Gasteiger partial charge >= 0.3 is 0 Å². The van der Waals surface area contributed by atoms with Crippen LogP contribution in [-0.4, -0.2) is 17.3 Å². The SMILES string of the molecule is CCC(Br)CNC(=O)c1ccc(F)cc1. The Hall–Kier alpha value is -0.900. The van der Waals surface area contributed by atoms with Gasteiger partial charge in [0.2, 0.25) is 0 Å².